The number of anilines is 2. The summed E-state index contributed by atoms with van der Waals surface area (Å²) in [4.78, 5) is 12.7. The average molecular weight is 412 g/mol. The largest absolute Gasteiger partial charge is 0.323 e. The van der Waals surface area contributed by atoms with E-state index in [2.05, 4.69) is 59.2 Å². The highest BCUT2D eigenvalue weighted by Gasteiger charge is 2.06. The quantitative estimate of drug-likeness (QED) is 0.278. The minimum absolute atomic E-state index is 0.259. The first kappa shape index (κ1) is 18.4. The van der Waals surface area contributed by atoms with Gasteiger partial charge in [0.15, 0.2) is 0 Å². The molecule has 32 heavy (non-hydrogen) atoms. The van der Waals surface area contributed by atoms with Crippen molar-refractivity contribution in [1.29, 1.82) is 0 Å². The van der Waals surface area contributed by atoms with Gasteiger partial charge in [-0.05, 0) is 91.6 Å². The van der Waals surface area contributed by atoms with E-state index in [4.69, 9.17) is 0 Å². The zero-order valence-corrected chi connectivity index (χ0v) is 17.3. The molecule has 0 bridgehead atoms. The Kier molecular flexibility index (Phi) is 4.25. The number of fused-ring (bicyclic) bond motifs is 4. The maximum Gasteiger partial charge on any atom is 0.323 e. The second-order valence-corrected chi connectivity index (χ2v) is 8.10. The molecule has 6 aromatic carbocycles. The van der Waals surface area contributed by atoms with Crippen molar-refractivity contribution in [2.75, 3.05) is 10.6 Å². The fraction of sp³-hybridized carbons (Fsp3) is 0. The van der Waals surface area contributed by atoms with Crippen LogP contribution in [0.1, 0.15) is 0 Å². The van der Waals surface area contributed by atoms with Crippen LogP contribution in [-0.4, -0.2) is 6.03 Å². The van der Waals surface area contributed by atoms with Crippen molar-refractivity contribution in [2.24, 2.45) is 0 Å². The van der Waals surface area contributed by atoms with Crippen LogP contribution in [0.4, 0.5) is 16.2 Å². The highest BCUT2D eigenvalue weighted by atomic mass is 16.2. The Labute approximate surface area is 185 Å². The van der Waals surface area contributed by atoms with Gasteiger partial charge in [0, 0.05) is 11.4 Å². The average Bonchev–Trinajstić information content (AvgIpc) is 2.81. The lowest BCUT2D eigenvalue weighted by atomic mass is 10.0. The van der Waals surface area contributed by atoms with Crippen molar-refractivity contribution < 1.29 is 4.79 Å². The van der Waals surface area contributed by atoms with Gasteiger partial charge in [0.2, 0.25) is 0 Å². The van der Waals surface area contributed by atoms with Crippen LogP contribution in [0.2, 0.25) is 0 Å². The number of benzene rings is 6. The van der Waals surface area contributed by atoms with Gasteiger partial charge in [0.25, 0.3) is 0 Å². The third-order valence-electron chi connectivity index (χ3n) is 5.93. The molecule has 152 valence electrons. The molecule has 0 unspecified atom stereocenters. The minimum Gasteiger partial charge on any atom is -0.308 e. The number of carbonyl (C=O) groups excluding carboxylic acids is 1. The summed E-state index contributed by atoms with van der Waals surface area (Å²) in [5.74, 6) is 0. The minimum atomic E-state index is -0.259. The van der Waals surface area contributed by atoms with Crippen LogP contribution in [0.25, 0.3) is 43.1 Å². The van der Waals surface area contributed by atoms with Gasteiger partial charge in [0.1, 0.15) is 0 Å². The highest BCUT2D eigenvalue weighted by molar-refractivity contribution is 6.05. The Hall–Kier alpha value is -4.37. The molecule has 2 amide bonds. The molecule has 3 nitrogen and oxygen atoms in total. The van der Waals surface area contributed by atoms with Crippen LogP contribution < -0.4 is 10.6 Å². The van der Waals surface area contributed by atoms with Crippen molar-refractivity contribution in [2.45, 2.75) is 0 Å². The predicted molar refractivity (Wildman–Crippen MR) is 136 cm³/mol. The van der Waals surface area contributed by atoms with Gasteiger partial charge in [-0.15, -0.1) is 0 Å². The second-order valence-electron chi connectivity index (χ2n) is 8.10. The van der Waals surface area contributed by atoms with E-state index >= 15 is 0 Å². The number of nitrogens with one attached hydrogen (secondary N) is 2. The molecule has 2 N–H and O–H groups in total. The van der Waals surface area contributed by atoms with Gasteiger partial charge in [-0.1, -0.05) is 60.7 Å². The monoisotopic (exact) mass is 412 g/mol. The van der Waals surface area contributed by atoms with Gasteiger partial charge in [-0.3, -0.25) is 0 Å². The van der Waals surface area contributed by atoms with Crippen molar-refractivity contribution in [3.8, 4) is 0 Å². The molecule has 0 saturated carbocycles. The Bertz CT molecular complexity index is 1530. The van der Waals surface area contributed by atoms with Crippen molar-refractivity contribution in [1.82, 2.24) is 0 Å². The topological polar surface area (TPSA) is 41.1 Å². The predicted octanol–water partition coefficient (Wildman–Crippen LogP) is 7.94. The fourth-order valence-electron chi connectivity index (χ4n) is 4.33. The summed E-state index contributed by atoms with van der Waals surface area (Å²) >= 11 is 0. The summed E-state index contributed by atoms with van der Waals surface area (Å²) in [6.07, 6.45) is 0. The smallest absolute Gasteiger partial charge is 0.308 e. The molecular weight excluding hydrogens is 392 g/mol. The summed E-state index contributed by atoms with van der Waals surface area (Å²) in [5.41, 5.74) is 1.52. The Morgan fingerprint density at radius 1 is 0.406 bits per heavy atom. The molecule has 0 heterocycles. The third-order valence-corrected chi connectivity index (χ3v) is 5.93. The molecule has 0 spiro atoms. The van der Waals surface area contributed by atoms with Gasteiger partial charge >= 0.3 is 6.03 Å². The Balaban J connectivity index is 1.25. The molecule has 0 aliphatic heterocycles. The van der Waals surface area contributed by atoms with E-state index in [-0.39, 0.29) is 6.03 Å². The molecular formula is C29H20N2O. The lowest BCUT2D eigenvalue weighted by Crippen LogP contribution is -2.19. The summed E-state index contributed by atoms with van der Waals surface area (Å²) < 4.78 is 0. The van der Waals surface area contributed by atoms with Crippen LogP contribution in [-0.2, 0) is 0 Å². The summed E-state index contributed by atoms with van der Waals surface area (Å²) in [6, 6.07) is 37.0. The molecule has 0 saturated heterocycles. The Morgan fingerprint density at radius 2 is 0.750 bits per heavy atom. The van der Waals surface area contributed by atoms with E-state index < -0.39 is 0 Å². The van der Waals surface area contributed by atoms with Crippen molar-refractivity contribution >= 4 is 60.5 Å². The normalized spacial score (nSPS) is 11.2. The first-order valence-corrected chi connectivity index (χ1v) is 10.6. The number of amides is 2. The molecule has 3 heteroatoms. The molecule has 0 aromatic heterocycles. The summed E-state index contributed by atoms with van der Waals surface area (Å²) in [7, 11) is 0. The molecule has 6 aromatic rings. The first-order valence-electron chi connectivity index (χ1n) is 10.6. The van der Waals surface area contributed by atoms with Crippen molar-refractivity contribution in [3.05, 3.63) is 109 Å². The third kappa shape index (κ3) is 3.40. The number of hydrogen-bond acceptors (Lipinski definition) is 1. The summed E-state index contributed by atoms with van der Waals surface area (Å²) in [6.45, 7) is 0. The molecule has 0 fully saturated rings. The zero-order valence-electron chi connectivity index (χ0n) is 17.3. The van der Waals surface area contributed by atoms with E-state index in [0.717, 1.165) is 32.9 Å². The molecule has 0 radical (unpaired) electrons. The number of hydrogen-bond donors (Lipinski definition) is 2. The van der Waals surface area contributed by atoms with Crippen LogP contribution >= 0.6 is 0 Å². The molecule has 0 aliphatic rings. The lowest BCUT2D eigenvalue weighted by Gasteiger charge is -2.10. The Morgan fingerprint density at radius 3 is 1.16 bits per heavy atom. The van der Waals surface area contributed by atoms with Crippen LogP contribution in [0.15, 0.2) is 109 Å². The lowest BCUT2D eigenvalue weighted by molar-refractivity contribution is 0.262. The van der Waals surface area contributed by atoms with E-state index in [9.17, 15) is 4.79 Å². The molecule has 0 aliphatic carbocycles. The van der Waals surface area contributed by atoms with Gasteiger partial charge < -0.3 is 10.6 Å². The molecule has 6 rings (SSSR count). The number of rotatable bonds is 2. The van der Waals surface area contributed by atoms with E-state index in [1.54, 1.807) is 0 Å². The van der Waals surface area contributed by atoms with Gasteiger partial charge in [0.05, 0.1) is 0 Å². The van der Waals surface area contributed by atoms with E-state index in [1.165, 1.54) is 21.5 Å². The zero-order chi connectivity index (χ0) is 21.5. The fourth-order valence-corrected chi connectivity index (χ4v) is 4.33. The maximum absolute atomic E-state index is 12.7. The van der Waals surface area contributed by atoms with Crippen LogP contribution in [0, 0.1) is 0 Å². The summed E-state index contributed by atoms with van der Waals surface area (Å²) in [5, 5.41) is 15.2. The van der Waals surface area contributed by atoms with E-state index in [1.807, 2.05) is 60.7 Å². The van der Waals surface area contributed by atoms with Crippen LogP contribution in [0.3, 0.4) is 0 Å². The van der Waals surface area contributed by atoms with E-state index in [0.29, 0.717) is 0 Å². The van der Waals surface area contributed by atoms with Gasteiger partial charge in [-0.25, -0.2) is 4.79 Å². The molecule has 0 atom stereocenters. The highest BCUT2D eigenvalue weighted by Crippen LogP contribution is 2.27. The number of urea groups is 1. The van der Waals surface area contributed by atoms with Crippen LogP contribution in [0.5, 0.6) is 0 Å². The van der Waals surface area contributed by atoms with Crippen molar-refractivity contribution in [3.63, 3.8) is 0 Å². The van der Waals surface area contributed by atoms with Gasteiger partial charge in [-0.2, -0.15) is 0 Å². The maximum atomic E-state index is 12.7. The second kappa shape index (κ2) is 7.40. The SMILES string of the molecule is O=C(Nc1ccc2cc3ccccc3cc2c1)Nc1ccc2cc3ccccc3cc2c1. The standard InChI is InChI=1S/C29H20N2O/c32-29(30-27-11-9-23-13-19-5-1-3-7-21(19)15-25(23)17-27)31-28-12-10-24-14-20-6-2-4-8-22(20)16-26(24)18-28/h1-18H,(H2,30,31,32). The first-order chi connectivity index (χ1) is 15.7. The number of carbonyl (C=O) groups is 1.